The molecule has 0 aliphatic carbocycles. The van der Waals surface area contributed by atoms with Crippen molar-refractivity contribution in [2.24, 2.45) is 4.99 Å². The Morgan fingerprint density at radius 3 is 2.41 bits per heavy atom. The molecule has 0 aromatic heterocycles. The third-order valence-corrected chi connectivity index (χ3v) is 3.65. The van der Waals surface area contributed by atoms with Crippen LogP contribution >= 0.6 is 27.5 Å². The number of hydrogen-bond donors (Lipinski definition) is 0. The molecule has 0 N–H and O–H groups in total. The Bertz CT molecular complexity index is 483. The average Bonchev–Trinajstić information content (AvgIpc) is 2.55. The fourth-order valence-corrected chi connectivity index (χ4v) is 2.08. The zero-order valence-corrected chi connectivity index (χ0v) is 11.7. The Morgan fingerprint density at radius 1 is 1.35 bits per heavy atom. The van der Waals surface area contributed by atoms with Crippen molar-refractivity contribution in [2.45, 2.75) is 23.2 Å². The zero-order chi connectivity index (χ0) is 12.7. The molecule has 17 heavy (non-hydrogen) atoms. The Hall–Kier alpha value is -0.870. The highest BCUT2D eigenvalue weighted by molar-refractivity contribution is 9.10. The molecule has 1 heterocycles. The summed E-state index contributed by atoms with van der Waals surface area (Å²) in [5, 5.41) is 0. The van der Waals surface area contributed by atoms with Crippen LogP contribution in [0.1, 0.15) is 19.4 Å². The summed E-state index contributed by atoms with van der Waals surface area (Å²) in [4.78, 5) is 15.8. The van der Waals surface area contributed by atoms with Crippen LogP contribution in [0.5, 0.6) is 0 Å². The lowest BCUT2D eigenvalue weighted by Gasteiger charge is -2.18. The van der Waals surface area contributed by atoms with E-state index in [2.05, 4.69) is 20.9 Å². The third kappa shape index (κ3) is 2.24. The molecule has 1 aromatic carbocycles. The average molecular weight is 317 g/mol. The number of esters is 1. The maximum Gasteiger partial charge on any atom is 0.340 e. The first kappa shape index (κ1) is 12.6. The first-order chi connectivity index (χ1) is 7.84. The van der Waals surface area contributed by atoms with E-state index < -0.39 is 15.3 Å². The normalized spacial score (nSPS) is 21.6. The lowest BCUT2D eigenvalue weighted by atomic mass is 10.1. The topological polar surface area (TPSA) is 38.7 Å². The molecular weight excluding hydrogens is 305 g/mol. The number of carbonyl (C=O) groups excluding carboxylic acids is 1. The smallest absolute Gasteiger partial charge is 0.340 e. The molecule has 0 saturated carbocycles. The van der Waals surface area contributed by atoms with Gasteiger partial charge in [-0.25, -0.2) is 9.79 Å². The van der Waals surface area contributed by atoms with E-state index in [0.29, 0.717) is 0 Å². The second-order valence-electron chi connectivity index (χ2n) is 4.31. The molecule has 1 aromatic rings. The van der Waals surface area contributed by atoms with Crippen molar-refractivity contribution in [2.75, 3.05) is 0 Å². The van der Waals surface area contributed by atoms with Crippen LogP contribution in [0.3, 0.4) is 0 Å². The summed E-state index contributed by atoms with van der Waals surface area (Å²) in [5.41, 5.74) is -0.108. The Balaban J connectivity index is 2.39. The van der Waals surface area contributed by atoms with E-state index >= 15 is 0 Å². The summed E-state index contributed by atoms with van der Waals surface area (Å²) in [6.07, 6.45) is 0. The van der Waals surface area contributed by atoms with E-state index in [1.165, 1.54) is 0 Å². The van der Waals surface area contributed by atoms with Gasteiger partial charge in [-0.15, -0.1) is 0 Å². The Morgan fingerprint density at radius 2 is 1.94 bits per heavy atom. The highest BCUT2D eigenvalue weighted by atomic mass is 79.9. The number of nitrogens with zero attached hydrogens (tertiary/aromatic N) is 1. The quantitative estimate of drug-likeness (QED) is 0.621. The molecule has 1 aliphatic rings. The van der Waals surface area contributed by atoms with Crippen LogP contribution in [0.15, 0.2) is 35.3 Å². The maximum atomic E-state index is 11.6. The monoisotopic (exact) mass is 315 g/mol. The van der Waals surface area contributed by atoms with Gasteiger partial charge in [0.2, 0.25) is 5.90 Å². The van der Waals surface area contributed by atoms with Crippen LogP contribution in [0.4, 0.5) is 0 Å². The van der Waals surface area contributed by atoms with Gasteiger partial charge in [0.25, 0.3) is 0 Å². The van der Waals surface area contributed by atoms with Gasteiger partial charge in [-0.2, -0.15) is 0 Å². The molecule has 0 amide bonds. The van der Waals surface area contributed by atoms with Gasteiger partial charge in [-0.1, -0.05) is 57.9 Å². The first-order valence-electron chi connectivity index (χ1n) is 5.10. The SMILES string of the molecule is CC1(C)N=C(C(Cl)(Br)c2ccccc2)OC1=O. The van der Waals surface area contributed by atoms with E-state index in [9.17, 15) is 4.79 Å². The van der Waals surface area contributed by atoms with Crippen molar-refractivity contribution in [3.8, 4) is 0 Å². The van der Waals surface area contributed by atoms with Gasteiger partial charge in [-0.3, -0.25) is 0 Å². The van der Waals surface area contributed by atoms with Crippen molar-refractivity contribution < 1.29 is 9.53 Å². The number of hydrogen-bond acceptors (Lipinski definition) is 3. The number of alkyl halides is 2. The van der Waals surface area contributed by atoms with Crippen molar-refractivity contribution in [3.05, 3.63) is 35.9 Å². The van der Waals surface area contributed by atoms with Crippen LogP contribution < -0.4 is 0 Å². The number of cyclic esters (lactones) is 1. The lowest BCUT2D eigenvalue weighted by molar-refractivity contribution is -0.138. The molecule has 3 nitrogen and oxygen atoms in total. The molecule has 5 heteroatoms. The minimum absolute atomic E-state index is 0.181. The molecule has 0 saturated heterocycles. The van der Waals surface area contributed by atoms with Crippen molar-refractivity contribution in [1.29, 1.82) is 0 Å². The highest BCUT2D eigenvalue weighted by Crippen LogP contribution is 2.41. The second-order valence-corrected chi connectivity index (χ2v) is 6.52. The summed E-state index contributed by atoms with van der Waals surface area (Å²) in [6.45, 7) is 3.38. The van der Waals surface area contributed by atoms with Gasteiger partial charge in [0.05, 0.1) is 0 Å². The van der Waals surface area contributed by atoms with E-state index in [-0.39, 0.29) is 5.90 Å². The standard InChI is InChI=1S/C12H11BrClNO2/c1-11(2)10(16)17-9(15-11)12(13,14)8-6-4-3-5-7-8/h3-7H,1-2H3. The summed E-state index contributed by atoms with van der Waals surface area (Å²) in [5.74, 6) is -0.215. The fraction of sp³-hybridized carbons (Fsp3) is 0.333. The van der Waals surface area contributed by atoms with Crippen molar-refractivity contribution in [3.63, 3.8) is 0 Å². The van der Waals surface area contributed by atoms with Gasteiger partial charge >= 0.3 is 5.97 Å². The molecule has 0 fully saturated rings. The Kier molecular flexibility index (Phi) is 3.04. The van der Waals surface area contributed by atoms with Crippen molar-refractivity contribution in [1.82, 2.24) is 0 Å². The largest absolute Gasteiger partial charge is 0.407 e. The molecule has 0 radical (unpaired) electrons. The van der Waals surface area contributed by atoms with Crippen LogP contribution in [-0.2, 0) is 13.3 Å². The number of rotatable bonds is 2. The molecular formula is C12H11BrClNO2. The molecule has 0 bridgehead atoms. The molecule has 90 valence electrons. The van der Waals surface area contributed by atoms with Crippen LogP contribution in [0.2, 0.25) is 0 Å². The van der Waals surface area contributed by atoms with Gasteiger partial charge in [0, 0.05) is 0 Å². The minimum atomic E-state index is -1.10. The van der Waals surface area contributed by atoms with E-state index in [4.69, 9.17) is 16.3 Å². The molecule has 1 atom stereocenters. The molecule has 0 spiro atoms. The molecule has 1 unspecified atom stereocenters. The van der Waals surface area contributed by atoms with Gasteiger partial charge < -0.3 is 4.74 Å². The summed E-state index contributed by atoms with van der Waals surface area (Å²) < 4.78 is 4.03. The van der Waals surface area contributed by atoms with Crippen LogP contribution in [-0.4, -0.2) is 17.4 Å². The van der Waals surface area contributed by atoms with Crippen LogP contribution in [0, 0.1) is 0 Å². The summed E-state index contributed by atoms with van der Waals surface area (Å²) in [6, 6.07) is 9.27. The third-order valence-electron chi connectivity index (χ3n) is 2.47. The number of aliphatic imine (C=N–C) groups is 1. The van der Waals surface area contributed by atoms with Crippen molar-refractivity contribution >= 4 is 39.4 Å². The van der Waals surface area contributed by atoms with E-state index in [1.54, 1.807) is 13.8 Å². The van der Waals surface area contributed by atoms with E-state index in [0.717, 1.165) is 5.56 Å². The van der Waals surface area contributed by atoms with Crippen LogP contribution in [0.25, 0.3) is 0 Å². The molecule has 1 aliphatic heterocycles. The summed E-state index contributed by atoms with van der Waals surface area (Å²) in [7, 11) is 0. The minimum Gasteiger partial charge on any atom is -0.407 e. The first-order valence-corrected chi connectivity index (χ1v) is 6.27. The van der Waals surface area contributed by atoms with E-state index in [1.807, 2.05) is 30.3 Å². The number of halogens is 2. The molecule has 2 rings (SSSR count). The highest BCUT2D eigenvalue weighted by Gasteiger charge is 2.46. The number of ether oxygens (including phenoxy) is 1. The predicted octanol–water partition coefficient (Wildman–Crippen LogP) is 3.21. The van der Waals surface area contributed by atoms with Gasteiger partial charge in [0.1, 0.15) is 0 Å². The Labute approximate surface area is 113 Å². The maximum absolute atomic E-state index is 11.6. The fourth-order valence-electron chi connectivity index (χ4n) is 1.44. The summed E-state index contributed by atoms with van der Waals surface area (Å²) >= 11 is 9.72. The predicted molar refractivity (Wildman–Crippen MR) is 70.5 cm³/mol. The number of carbonyl (C=O) groups is 1. The van der Waals surface area contributed by atoms with Gasteiger partial charge in [-0.05, 0) is 19.4 Å². The second kappa shape index (κ2) is 4.10. The zero-order valence-electron chi connectivity index (χ0n) is 9.41. The number of benzene rings is 1. The van der Waals surface area contributed by atoms with Gasteiger partial charge in [0.15, 0.2) is 9.32 Å². The lowest BCUT2D eigenvalue weighted by Crippen LogP contribution is -2.26.